The first-order valence-electron chi connectivity index (χ1n) is 18.4. The van der Waals surface area contributed by atoms with Crippen molar-refractivity contribution in [3.8, 4) is 44.5 Å². The Morgan fingerprint density at radius 3 is 1.20 bits per heavy atom. The third-order valence-corrected chi connectivity index (χ3v) is 59.6. The summed E-state index contributed by atoms with van der Waals surface area (Å²) in [4.78, 5) is 0. The summed E-state index contributed by atoms with van der Waals surface area (Å²) < 4.78 is 10.4. The van der Waals surface area contributed by atoms with Gasteiger partial charge in [-0.1, -0.05) is 0 Å². The number of fused-ring (bicyclic) bond motifs is 2. The third kappa shape index (κ3) is 5.01. The number of allylic oxidation sites excluding steroid dienone is 2. The molecule has 2 unspecified atom stereocenters. The fourth-order valence-electron chi connectivity index (χ4n) is 10.6. The molecule has 0 heterocycles. The van der Waals surface area contributed by atoms with Gasteiger partial charge in [0.2, 0.25) is 0 Å². The molecule has 0 nitrogen and oxygen atoms in total. The quantitative estimate of drug-likeness (QED) is 0.134. The molecule has 0 saturated heterocycles. The van der Waals surface area contributed by atoms with Gasteiger partial charge in [0, 0.05) is 0 Å². The molecule has 0 aromatic heterocycles. The molecule has 2 aliphatic carbocycles. The van der Waals surface area contributed by atoms with Gasteiger partial charge in [-0.05, 0) is 0 Å². The molecule has 0 N–H and O–H groups in total. The SMILES string of the molecule is CC[CH2][Hf]([CH3])([CH3])([CH3])(=[SiH2])([CH]1C=Cc2c(-c3ccccc3-c3ccccc3)cccc21)[CH]1C=Cc2c(-c3ccccc3-c3ccccc3)cccc21. The summed E-state index contributed by atoms with van der Waals surface area (Å²) >= 11 is -5.02. The van der Waals surface area contributed by atoms with E-state index in [0.29, 0.717) is 7.35 Å². The van der Waals surface area contributed by atoms with Crippen LogP contribution in [-0.2, 0) is 14.2 Å². The topological polar surface area (TPSA) is 0 Å². The number of hydrogen-bond donors (Lipinski definition) is 0. The first kappa shape index (κ1) is 33.1. The van der Waals surface area contributed by atoms with Crippen LogP contribution >= 0.6 is 0 Å². The van der Waals surface area contributed by atoms with Crippen LogP contribution in [0.15, 0.2) is 158 Å². The fourth-order valence-corrected chi connectivity index (χ4v) is 52.2. The van der Waals surface area contributed by atoms with Crippen molar-refractivity contribution in [3.63, 3.8) is 0 Å². The Bertz CT molecular complexity index is 2320. The predicted molar refractivity (Wildman–Crippen MR) is 219 cm³/mol. The monoisotopic (exact) mass is 832 g/mol. The zero-order valence-corrected chi connectivity index (χ0v) is 34.9. The second kappa shape index (κ2) is 10.9. The van der Waals surface area contributed by atoms with Crippen molar-refractivity contribution >= 4 is 19.1 Å². The van der Waals surface area contributed by atoms with Crippen LogP contribution in [0.2, 0.25) is 18.2 Å². The van der Waals surface area contributed by atoms with E-state index in [1.165, 1.54) is 77.4 Å². The van der Waals surface area contributed by atoms with E-state index in [9.17, 15) is 0 Å². The van der Waals surface area contributed by atoms with Crippen LogP contribution < -0.4 is 0 Å². The van der Waals surface area contributed by atoms with E-state index in [4.69, 9.17) is 0 Å². The van der Waals surface area contributed by atoms with Crippen molar-refractivity contribution < 1.29 is 14.2 Å². The molecule has 0 bridgehead atoms. The molecule has 50 heavy (non-hydrogen) atoms. The van der Waals surface area contributed by atoms with Gasteiger partial charge in [-0.2, -0.15) is 0 Å². The van der Waals surface area contributed by atoms with E-state index in [1.807, 2.05) is 0 Å². The fraction of sp³-hybridized carbons (Fsp3) is 0.167. The second-order valence-corrected chi connectivity index (χ2v) is 100. The Kier molecular flexibility index (Phi) is 7.23. The summed E-state index contributed by atoms with van der Waals surface area (Å²) in [5.74, 6) is 0. The molecule has 2 aliphatic rings. The molecule has 2 heteroatoms. The average Bonchev–Trinajstić information content (AvgIpc) is 3.80. The number of hydrogen-bond acceptors (Lipinski definition) is 0. The van der Waals surface area contributed by atoms with Crippen molar-refractivity contribution in [3.05, 3.63) is 180 Å². The Morgan fingerprint density at radius 1 is 0.440 bits per heavy atom. The minimum atomic E-state index is -5.02. The van der Waals surface area contributed by atoms with E-state index < -0.39 is 14.2 Å². The van der Waals surface area contributed by atoms with Crippen LogP contribution in [0.3, 0.4) is 0 Å². The number of rotatable bonds is 8. The van der Waals surface area contributed by atoms with Crippen LogP contribution in [0.4, 0.5) is 0 Å². The molecule has 0 saturated carbocycles. The zero-order valence-electron chi connectivity index (χ0n) is 29.9. The standard InChI is InChI=1S/2C21H15.C3H7.3CH3.Hf.H2Si/c2*1-2-8-16(9-3-1)18-12-4-5-13-20(18)21-15-7-11-17-10-6-14-19(17)21;1-3-2;;;;;/h2*1-15H;1,3H2,2H3;3*1H3;;1H2. The van der Waals surface area contributed by atoms with Gasteiger partial charge >= 0.3 is 297 Å². The van der Waals surface area contributed by atoms with Crippen LogP contribution in [0.25, 0.3) is 56.7 Å². The first-order valence-corrected chi connectivity index (χ1v) is 44.2. The van der Waals surface area contributed by atoms with Gasteiger partial charge in [0.1, 0.15) is 0 Å². The first-order chi connectivity index (χ1) is 24.0. The average molecular weight is 831 g/mol. The molecule has 2 atom stereocenters. The van der Waals surface area contributed by atoms with Crippen molar-refractivity contribution in [2.45, 2.75) is 38.9 Å². The third-order valence-electron chi connectivity index (χ3n) is 13.0. The van der Waals surface area contributed by atoms with Crippen LogP contribution in [0.1, 0.15) is 42.9 Å². The van der Waals surface area contributed by atoms with Gasteiger partial charge in [-0.15, -0.1) is 0 Å². The normalized spacial score (nSPS) is 18.4. The van der Waals surface area contributed by atoms with Crippen LogP contribution in [0.5, 0.6) is 0 Å². The van der Waals surface area contributed by atoms with Crippen molar-refractivity contribution in [2.24, 2.45) is 0 Å². The summed E-state index contributed by atoms with van der Waals surface area (Å²) in [7, 11) is 0. The molecule has 0 aliphatic heterocycles. The summed E-state index contributed by atoms with van der Waals surface area (Å²) in [5.41, 5.74) is 16.2. The van der Waals surface area contributed by atoms with Crippen molar-refractivity contribution in [1.29, 1.82) is 0 Å². The van der Waals surface area contributed by atoms with Gasteiger partial charge in [0.15, 0.2) is 0 Å². The summed E-state index contributed by atoms with van der Waals surface area (Å²) in [6.45, 7) is 4.89. The molecular formula is C48H48HfSi. The zero-order chi connectivity index (χ0) is 34.7. The maximum atomic E-state index is 2.81. The Hall–Kier alpha value is -4.11. The molecular weight excluding hydrogens is 783 g/mol. The minimum absolute atomic E-state index is 0.372. The second-order valence-electron chi connectivity index (χ2n) is 18.5. The van der Waals surface area contributed by atoms with Crippen LogP contribution in [0, 0.1) is 0 Å². The van der Waals surface area contributed by atoms with E-state index >= 15 is 0 Å². The molecule has 8 rings (SSSR count). The molecule has 6 aromatic carbocycles. The Labute approximate surface area is 294 Å². The Morgan fingerprint density at radius 2 is 0.800 bits per heavy atom. The van der Waals surface area contributed by atoms with Gasteiger partial charge in [0.05, 0.1) is 0 Å². The summed E-state index contributed by atoms with van der Waals surface area (Å²) in [5, 5.41) is 0. The maximum absolute atomic E-state index is 5.02. The summed E-state index contributed by atoms with van der Waals surface area (Å²) in [6.07, 6.45) is 11.4. The molecule has 248 valence electrons. The molecule has 6 aromatic rings. The van der Waals surface area contributed by atoms with Crippen molar-refractivity contribution in [1.82, 2.24) is 0 Å². The molecule has 0 amide bonds. The predicted octanol–water partition coefficient (Wildman–Crippen LogP) is 13.5. The van der Waals surface area contributed by atoms with Crippen molar-refractivity contribution in [2.75, 3.05) is 0 Å². The molecule has 0 radical (unpaired) electrons. The molecule has 0 spiro atoms. The van der Waals surface area contributed by atoms with Gasteiger partial charge < -0.3 is 0 Å². The van der Waals surface area contributed by atoms with E-state index in [1.54, 1.807) is 0 Å². The molecule has 0 fully saturated rings. The summed E-state index contributed by atoms with van der Waals surface area (Å²) in [6, 6.07) is 53.8. The number of benzene rings is 6. The van der Waals surface area contributed by atoms with E-state index in [-0.39, 0.29) is 0 Å². The van der Waals surface area contributed by atoms with Gasteiger partial charge in [0.25, 0.3) is 0 Å². The van der Waals surface area contributed by atoms with Gasteiger partial charge in [-0.25, -0.2) is 0 Å². The van der Waals surface area contributed by atoms with E-state index in [2.05, 4.69) is 198 Å². The van der Waals surface area contributed by atoms with Gasteiger partial charge in [-0.3, -0.25) is 0 Å². The Balaban J connectivity index is 1.30. The van der Waals surface area contributed by atoms with Crippen LogP contribution in [-0.4, -0.2) is 6.94 Å². The van der Waals surface area contributed by atoms with E-state index in [0.717, 1.165) is 0 Å².